The molecule has 1 atom stereocenters. The number of methoxy groups -OCH3 is 1. The monoisotopic (exact) mass is 607 g/mol. The van der Waals surface area contributed by atoms with Gasteiger partial charge in [-0.2, -0.15) is 21.4 Å². The van der Waals surface area contributed by atoms with Crippen LogP contribution in [-0.2, 0) is 20.7 Å². The number of thioether (sulfide) groups is 1. The smallest absolute Gasteiger partial charge is 0.465 e. The van der Waals surface area contributed by atoms with E-state index in [4.69, 9.17) is 30.9 Å². The molecule has 210 valence electrons. The Morgan fingerprint density at radius 1 is 1.07 bits per heavy atom. The van der Waals surface area contributed by atoms with Crippen LogP contribution in [0.15, 0.2) is 78.9 Å². The normalized spacial score (nSPS) is 13.8. The maximum atomic E-state index is 12.3. The summed E-state index contributed by atoms with van der Waals surface area (Å²) in [6.07, 6.45) is 8.53. The van der Waals surface area contributed by atoms with Gasteiger partial charge in [0.1, 0.15) is 0 Å². The molecule has 0 spiro atoms. The zero-order valence-corrected chi connectivity index (χ0v) is 27.4. The van der Waals surface area contributed by atoms with E-state index in [0.717, 1.165) is 46.3 Å². The molecule has 0 radical (unpaired) electrons. The molecule has 1 aliphatic rings. The van der Waals surface area contributed by atoms with Crippen LogP contribution in [-0.4, -0.2) is 30.0 Å². The molecule has 4 aromatic rings. The number of hydrogen-bond acceptors (Lipinski definition) is 6. The number of benzene rings is 3. The van der Waals surface area contributed by atoms with Gasteiger partial charge in [0.2, 0.25) is 0 Å². The summed E-state index contributed by atoms with van der Waals surface area (Å²) >= 11 is 8.14. The third kappa shape index (κ3) is 9.67. The molecule has 5 rings (SSSR count). The van der Waals surface area contributed by atoms with Gasteiger partial charge in [0.15, 0.2) is 0 Å². The maximum absolute atomic E-state index is 12.3. The molecule has 1 aromatic heterocycles. The number of ether oxygens (including phenoxy) is 1. The number of rotatable bonds is 10. The molecular formula is C34H31ClNNaO4S. The van der Waals surface area contributed by atoms with E-state index in [-0.39, 0.29) is 47.1 Å². The molecule has 0 amide bonds. The molecule has 42 heavy (non-hydrogen) atoms. The Balaban J connectivity index is 0.00000116. The molecule has 3 aromatic carbocycles. The number of carbonyl (C=O) groups excluding carboxylic acids is 3. The third-order valence-corrected chi connectivity index (χ3v) is 8.98. The summed E-state index contributed by atoms with van der Waals surface area (Å²) in [4.78, 5) is 33.3. The Morgan fingerprint density at radius 2 is 1.81 bits per heavy atom. The van der Waals surface area contributed by atoms with Crippen molar-refractivity contribution < 1.29 is 48.7 Å². The summed E-state index contributed by atoms with van der Waals surface area (Å²) in [5.41, 5.74) is 6.09. The zero-order valence-electron chi connectivity index (χ0n) is 23.8. The number of nitrogens with zero attached hydrogens (tertiary/aromatic N) is 1. The number of aromatic nitrogens is 1. The van der Waals surface area contributed by atoms with Gasteiger partial charge in [-0.05, 0) is 65.6 Å². The van der Waals surface area contributed by atoms with Crippen LogP contribution in [0.1, 0.15) is 57.3 Å². The number of pyridine rings is 1. The zero-order chi connectivity index (χ0) is 29.2. The van der Waals surface area contributed by atoms with E-state index in [2.05, 4.69) is 43.3 Å². The summed E-state index contributed by atoms with van der Waals surface area (Å²) in [6.45, 7) is 4.41. The maximum Gasteiger partial charge on any atom is 1.00 e. The van der Waals surface area contributed by atoms with Crippen molar-refractivity contribution in [3.8, 4) is 0 Å². The SMILES string of the molecule is O=C=O.[CH2-]C1(CS[C@@H](CCc2ccccc2C(=O)OC)c2cccc(/C=C/c3ccc4ccc(Cl)cc4n3)c2)CC1.[Na+]. The van der Waals surface area contributed by atoms with Crippen LogP contribution in [0.3, 0.4) is 0 Å². The number of halogens is 1. The van der Waals surface area contributed by atoms with Crippen molar-refractivity contribution in [2.75, 3.05) is 12.9 Å². The van der Waals surface area contributed by atoms with Gasteiger partial charge in [0.05, 0.1) is 23.9 Å². The number of fused-ring (bicyclic) bond motifs is 1. The fourth-order valence-corrected chi connectivity index (χ4v) is 6.16. The second-order valence-corrected chi connectivity index (χ2v) is 11.8. The van der Waals surface area contributed by atoms with E-state index in [0.29, 0.717) is 15.8 Å². The standard InChI is InChI=1S/C33H31ClNO2S.CO2.Na/c1-33(18-19-33)22-38-31(17-13-24-7-3-4-9-29(24)32(36)37-2)26-8-5-6-23(20-26)10-15-28-16-12-25-11-14-27(34)21-30(25)35-28;2-1-3;/h3-12,14-16,20-21,31H,1,13,17-19,22H2,2H3;;/q-1;;+1/b15-10+;;/t31-;;/m0../s1. The van der Waals surface area contributed by atoms with Crippen LogP contribution in [0.2, 0.25) is 5.02 Å². The first-order valence-electron chi connectivity index (χ1n) is 13.3. The van der Waals surface area contributed by atoms with Crippen LogP contribution in [0, 0.1) is 12.3 Å². The quantitative estimate of drug-likeness (QED) is 0.139. The molecule has 0 N–H and O–H groups in total. The molecule has 1 heterocycles. The molecule has 1 saturated carbocycles. The average Bonchev–Trinajstić information content (AvgIpc) is 3.73. The molecule has 0 bridgehead atoms. The number of aryl methyl sites for hydroxylation is 1. The Hall–Kier alpha value is -2.70. The number of carbonyl (C=O) groups is 1. The molecule has 1 aliphatic carbocycles. The van der Waals surface area contributed by atoms with Crippen molar-refractivity contribution >= 4 is 58.5 Å². The van der Waals surface area contributed by atoms with Gasteiger partial charge in [-0.25, -0.2) is 9.78 Å². The van der Waals surface area contributed by atoms with Crippen LogP contribution >= 0.6 is 23.4 Å². The Bertz CT molecular complexity index is 1580. The van der Waals surface area contributed by atoms with E-state index >= 15 is 0 Å². The number of hydrogen-bond donors (Lipinski definition) is 0. The predicted octanol–water partition coefficient (Wildman–Crippen LogP) is 5.29. The van der Waals surface area contributed by atoms with Crippen molar-refractivity contribution in [3.05, 3.63) is 119 Å². The van der Waals surface area contributed by atoms with Crippen LogP contribution in [0.25, 0.3) is 23.1 Å². The minimum atomic E-state index is -0.281. The topological polar surface area (TPSA) is 73.3 Å². The molecule has 0 aliphatic heterocycles. The van der Waals surface area contributed by atoms with Crippen molar-refractivity contribution in [2.24, 2.45) is 5.41 Å². The van der Waals surface area contributed by atoms with Crippen molar-refractivity contribution in [1.29, 1.82) is 0 Å². The first kappa shape index (κ1) is 33.8. The predicted molar refractivity (Wildman–Crippen MR) is 165 cm³/mol. The molecule has 1 fully saturated rings. The van der Waals surface area contributed by atoms with Crippen LogP contribution < -0.4 is 29.6 Å². The summed E-state index contributed by atoms with van der Waals surface area (Å²) in [6, 6.07) is 26.3. The van der Waals surface area contributed by atoms with Gasteiger partial charge in [-0.15, -0.1) is 5.41 Å². The van der Waals surface area contributed by atoms with E-state index in [1.54, 1.807) is 0 Å². The van der Waals surface area contributed by atoms with Crippen molar-refractivity contribution in [2.45, 2.75) is 30.9 Å². The first-order chi connectivity index (χ1) is 19.8. The van der Waals surface area contributed by atoms with Gasteiger partial charge < -0.3 is 11.7 Å². The van der Waals surface area contributed by atoms with Gasteiger partial charge in [0, 0.05) is 15.7 Å². The molecular weight excluding hydrogens is 577 g/mol. The van der Waals surface area contributed by atoms with Gasteiger partial charge in [0.25, 0.3) is 0 Å². The number of esters is 1. The molecule has 8 heteroatoms. The fraction of sp³-hybridized carbons (Fsp3) is 0.235. The Labute approximate surface area is 278 Å². The third-order valence-electron chi connectivity index (χ3n) is 7.05. The first-order valence-corrected chi connectivity index (χ1v) is 14.7. The van der Waals surface area contributed by atoms with E-state index in [1.807, 2.05) is 66.4 Å². The van der Waals surface area contributed by atoms with Gasteiger partial charge >= 0.3 is 41.7 Å². The Morgan fingerprint density at radius 3 is 2.55 bits per heavy atom. The van der Waals surface area contributed by atoms with E-state index in [1.165, 1.54) is 25.5 Å². The summed E-state index contributed by atoms with van der Waals surface area (Å²) in [7, 11) is 1.43. The van der Waals surface area contributed by atoms with E-state index in [9.17, 15) is 4.79 Å². The molecule has 5 nitrogen and oxygen atoms in total. The summed E-state index contributed by atoms with van der Waals surface area (Å²) in [5, 5.41) is 2.06. The average molecular weight is 608 g/mol. The fourth-order valence-electron chi connectivity index (χ4n) is 4.52. The minimum absolute atomic E-state index is 0. The summed E-state index contributed by atoms with van der Waals surface area (Å²) < 4.78 is 5.01. The second-order valence-electron chi connectivity index (χ2n) is 10.1. The largest absolute Gasteiger partial charge is 1.00 e. The van der Waals surface area contributed by atoms with Crippen LogP contribution in [0.4, 0.5) is 0 Å². The van der Waals surface area contributed by atoms with Gasteiger partial charge in [-0.1, -0.05) is 85.1 Å². The molecule has 0 unspecified atom stereocenters. The summed E-state index contributed by atoms with van der Waals surface area (Å²) in [5.74, 6) is 0.760. The van der Waals surface area contributed by atoms with Crippen molar-refractivity contribution in [1.82, 2.24) is 4.98 Å². The van der Waals surface area contributed by atoms with E-state index < -0.39 is 0 Å². The minimum Gasteiger partial charge on any atom is -0.465 e. The van der Waals surface area contributed by atoms with Gasteiger partial charge in [-0.3, -0.25) is 0 Å². The van der Waals surface area contributed by atoms with Crippen molar-refractivity contribution in [3.63, 3.8) is 0 Å². The second kappa shape index (κ2) is 16.2. The Kier molecular flexibility index (Phi) is 13.1. The van der Waals surface area contributed by atoms with Crippen LogP contribution in [0.5, 0.6) is 0 Å². The molecule has 0 saturated heterocycles.